The summed E-state index contributed by atoms with van der Waals surface area (Å²) in [5, 5.41) is 8.38. The highest BCUT2D eigenvalue weighted by molar-refractivity contribution is 7.09. The number of nitrogens with zero attached hydrogens (tertiary/aromatic N) is 1. The monoisotopic (exact) mass is 142 g/mol. The third kappa shape index (κ3) is 1.08. The molecule has 1 N–H and O–H groups in total. The zero-order valence-electron chi connectivity index (χ0n) is 4.71. The summed E-state index contributed by atoms with van der Waals surface area (Å²) in [5.41, 5.74) is 2.60. The van der Waals surface area contributed by atoms with Crippen LogP contribution in [0.25, 0.3) is 0 Å². The van der Waals surface area contributed by atoms with E-state index < -0.39 is 5.97 Å². The van der Waals surface area contributed by atoms with Crippen molar-refractivity contribution in [2.45, 2.75) is 6.92 Å². The van der Waals surface area contributed by atoms with E-state index in [-0.39, 0.29) is 5.69 Å². The Morgan fingerprint density at radius 3 is 2.78 bits per heavy atom. The molecule has 4 heteroatoms. The SMILES string of the molecule is Cc1s[c]nc1C(=O)O. The minimum Gasteiger partial charge on any atom is -0.476 e. The van der Waals surface area contributed by atoms with E-state index in [0.29, 0.717) is 4.88 Å². The Kier molecular flexibility index (Phi) is 1.48. The van der Waals surface area contributed by atoms with Crippen LogP contribution in [0.2, 0.25) is 0 Å². The highest BCUT2D eigenvalue weighted by Crippen LogP contribution is 2.09. The van der Waals surface area contributed by atoms with E-state index in [1.54, 1.807) is 6.92 Å². The second-order valence-corrected chi connectivity index (χ2v) is 2.51. The predicted molar refractivity (Wildman–Crippen MR) is 32.6 cm³/mol. The maximum Gasteiger partial charge on any atom is 0.355 e. The summed E-state index contributed by atoms with van der Waals surface area (Å²) in [6.45, 7) is 1.71. The summed E-state index contributed by atoms with van der Waals surface area (Å²) in [4.78, 5) is 14.4. The van der Waals surface area contributed by atoms with Crippen LogP contribution in [0.5, 0.6) is 0 Å². The van der Waals surface area contributed by atoms with Crippen LogP contribution >= 0.6 is 11.3 Å². The van der Waals surface area contributed by atoms with Gasteiger partial charge in [-0.2, -0.15) is 0 Å². The topological polar surface area (TPSA) is 50.2 Å². The lowest BCUT2D eigenvalue weighted by atomic mass is 10.4. The molecule has 0 unspecified atom stereocenters. The average molecular weight is 142 g/mol. The normalized spacial score (nSPS) is 9.44. The number of hydrogen-bond acceptors (Lipinski definition) is 3. The Morgan fingerprint density at radius 2 is 2.56 bits per heavy atom. The van der Waals surface area contributed by atoms with Crippen molar-refractivity contribution in [2.24, 2.45) is 0 Å². The molecule has 0 spiro atoms. The molecule has 1 rings (SSSR count). The van der Waals surface area contributed by atoms with Crippen molar-refractivity contribution >= 4 is 17.3 Å². The third-order valence-corrected chi connectivity index (χ3v) is 1.57. The molecule has 1 heterocycles. The maximum absolute atomic E-state index is 10.2. The van der Waals surface area contributed by atoms with Gasteiger partial charge in [-0.25, -0.2) is 9.78 Å². The van der Waals surface area contributed by atoms with Crippen LogP contribution in [0, 0.1) is 12.4 Å². The van der Waals surface area contributed by atoms with Gasteiger partial charge in [0.1, 0.15) is 0 Å². The van der Waals surface area contributed by atoms with Gasteiger partial charge in [0.05, 0.1) is 0 Å². The van der Waals surface area contributed by atoms with E-state index in [9.17, 15) is 4.79 Å². The molecular weight excluding hydrogens is 138 g/mol. The Labute approximate surface area is 56.0 Å². The molecule has 47 valence electrons. The van der Waals surface area contributed by atoms with Gasteiger partial charge < -0.3 is 5.11 Å². The smallest absolute Gasteiger partial charge is 0.355 e. The van der Waals surface area contributed by atoms with Crippen LogP contribution in [0.15, 0.2) is 0 Å². The number of hydrogen-bond donors (Lipinski definition) is 1. The third-order valence-electron chi connectivity index (χ3n) is 0.892. The first-order valence-corrected chi connectivity index (χ1v) is 3.10. The number of aromatic nitrogens is 1. The van der Waals surface area contributed by atoms with Gasteiger partial charge in [-0.15, -0.1) is 11.3 Å². The van der Waals surface area contributed by atoms with Crippen LogP contribution in [0.1, 0.15) is 15.4 Å². The Bertz CT molecular complexity index is 231. The van der Waals surface area contributed by atoms with E-state index in [0.717, 1.165) is 0 Å². The van der Waals surface area contributed by atoms with Gasteiger partial charge in [0.2, 0.25) is 0 Å². The fourth-order valence-electron chi connectivity index (χ4n) is 0.462. The molecule has 0 saturated carbocycles. The van der Waals surface area contributed by atoms with Crippen molar-refractivity contribution in [1.29, 1.82) is 0 Å². The van der Waals surface area contributed by atoms with E-state index in [4.69, 9.17) is 5.11 Å². The Hall–Kier alpha value is -0.900. The molecule has 1 aromatic rings. The summed E-state index contributed by atoms with van der Waals surface area (Å²) < 4.78 is 0. The molecule has 0 bridgehead atoms. The molecule has 1 aromatic heterocycles. The molecule has 0 aliphatic heterocycles. The van der Waals surface area contributed by atoms with Gasteiger partial charge >= 0.3 is 5.97 Å². The molecule has 0 saturated heterocycles. The summed E-state index contributed by atoms with van der Waals surface area (Å²) in [6, 6.07) is 0. The molecule has 3 nitrogen and oxygen atoms in total. The number of carbonyl (C=O) groups is 1. The lowest BCUT2D eigenvalue weighted by molar-refractivity contribution is 0.0690. The highest BCUT2D eigenvalue weighted by atomic mass is 32.1. The first-order chi connectivity index (χ1) is 4.22. The maximum atomic E-state index is 10.2. The molecule has 9 heavy (non-hydrogen) atoms. The predicted octanol–water partition coefficient (Wildman–Crippen LogP) is 0.950. The van der Waals surface area contributed by atoms with Crippen LogP contribution in [-0.4, -0.2) is 16.1 Å². The number of carboxylic acids is 1. The quantitative estimate of drug-likeness (QED) is 0.635. The lowest BCUT2D eigenvalue weighted by Crippen LogP contribution is -1.97. The van der Waals surface area contributed by atoms with E-state index in [2.05, 4.69) is 10.5 Å². The lowest BCUT2D eigenvalue weighted by Gasteiger charge is -1.84. The second-order valence-electron chi connectivity index (χ2n) is 1.52. The largest absolute Gasteiger partial charge is 0.476 e. The van der Waals surface area contributed by atoms with E-state index in [1.165, 1.54) is 11.3 Å². The number of thiazole rings is 1. The van der Waals surface area contributed by atoms with Gasteiger partial charge in [0, 0.05) is 4.88 Å². The summed E-state index contributed by atoms with van der Waals surface area (Å²) in [5.74, 6) is -0.981. The molecule has 0 aliphatic carbocycles. The fourth-order valence-corrected chi connectivity index (χ4v) is 0.966. The summed E-state index contributed by atoms with van der Waals surface area (Å²) in [7, 11) is 0. The molecule has 1 radical (unpaired) electrons. The first kappa shape index (κ1) is 6.22. The van der Waals surface area contributed by atoms with Crippen LogP contribution < -0.4 is 0 Å². The Morgan fingerprint density at radius 1 is 1.89 bits per heavy atom. The minimum absolute atomic E-state index is 0.111. The molecular formula is C5H4NO2S. The summed E-state index contributed by atoms with van der Waals surface area (Å²) in [6.07, 6.45) is 0. The van der Waals surface area contributed by atoms with Crippen molar-refractivity contribution in [3.63, 3.8) is 0 Å². The van der Waals surface area contributed by atoms with Gasteiger partial charge in [-0.1, -0.05) is 0 Å². The standard InChI is InChI=1S/C5H4NO2S/c1-3-4(5(7)8)6-2-9-3/h1H3,(H,7,8). The fraction of sp³-hybridized carbons (Fsp3) is 0.200. The minimum atomic E-state index is -0.981. The van der Waals surface area contributed by atoms with Crippen molar-refractivity contribution < 1.29 is 9.90 Å². The molecule has 0 aromatic carbocycles. The van der Waals surface area contributed by atoms with Gasteiger partial charge in [0.25, 0.3) is 0 Å². The van der Waals surface area contributed by atoms with E-state index >= 15 is 0 Å². The van der Waals surface area contributed by atoms with Gasteiger partial charge in [-0.3, -0.25) is 0 Å². The molecule has 0 amide bonds. The molecule has 0 fully saturated rings. The zero-order chi connectivity index (χ0) is 6.85. The molecule has 0 aliphatic rings. The second kappa shape index (κ2) is 2.14. The van der Waals surface area contributed by atoms with Crippen molar-refractivity contribution in [3.8, 4) is 0 Å². The van der Waals surface area contributed by atoms with Gasteiger partial charge in [0.15, 0.2) is 11.2 Å². The highest BCUT2D eigenvalue weighted by Gasteiger charge is 2.08. The van der Waals surface area contributed by atoms with Gasteiger partial charge in [-0.05, 0) is 6.92 Å². The van der Waals surface area contributed by atoms with Crippen LogP contribution in [-0.2, 0) is 0 Å². The van der Waals surface area contributed by atoms with Crippen molar-refractivity contribution in [2.75, 3.05) is 0 Å². The summed E-state index contributed by atoms with van der Waals surface area (Å²) >= 11 is 1.22. The number of carboxylic acid groups (broad SMARTS) is 1. The number of rotatable bonds is 1. The van der Waals surface area contributed by atoms with Crippen molar-refractivity contribution in [1.82, 2.24) is 4.98 Å². The number of aromatic carboxylic acids is 1. The van der Waals surface area contributed by atoms with E-state index in [1.807, 2.05) is 0 Å². The average Bonchev–Trinajstić information content (AvgIpc) is 2.13. The van der Waals surface area contributed by atoms with Crippen LogP contribution in [0.4, 0.5) is 0 Å². The van der Waals surface area contributed by atoms with Crippen LogP contribution in [0.3, 0.4) is 0 Å². The van der Waals surface area contributed by atoms with Crippen molar-refractivity contribution in [3.05, 3.63) is 16.1 Å². The Balaban J connectivity index is 3.08. The molecule has 0 atom stereocenters. The first-order valence-electron chi connectivity index (χ1n) is 2.28. The zero-order valence-corrected chi connectivity index (χ0v) is 5.53. The number of aryl methyl sites for hydroxylation is 1.